The molecule has 8 rings (SSSR count). The molecule has 0 amide bonds. The second-order valence-corrected chi connectivity index (χ2v) is 13.5. The van der Waals surface area contributed by atoms with Crippen LogP contribution in [0.4, 0.5) is 19.0 Å². The fourth-order valence-corrected chi connectivity index (χ4v) is 8.13. The summed E-state index contributed by atoms with van der Waals surface area (Å²) in [5, 5.41) is 8.01. The van der Waals surface area contributed by atoms with Crippen LogP contribution in [0.5, 0.6) is 0 Å². The third-order valence-corrected chi connectivity index (χ3v) is 10.6. The number of aryl methyl sites for hydroxylation is 1. The predicted molar refractivity (Wildman–Crippen MR) is 159 cm³/mol. The first kappa shape index (κ1) is 29.3. The van der Waals surface area contributed by atoms with Crippen molar-refractivity contribution in [3.05, 3.63) is 72.4 Å². The highest BCUT2D eigenvalue weighted by molar-refractivity contribution is 7.90. The van der Waals surface area contributed by atoms with Gasteiger partial charge in [0.25, 0.3) is 15.9 Å². The van der Waals surface area contributed by atoms with Crippen LogP contribution in [0.3, 0.4) is 0 Å². The summed E-state index contributed by atoms with van der Waals surface area (Å²) in [5.41, 5.74) is 1.55. The summed E-state index contributed by atoms with van der Waals surface area (Å²) < 4.78 is 79.8. The Hall–Kier alpha value is -4.46. The number of rotatable bonds is 7. The fourth-order valence-electron chi connectivity index (χ4n) is 6.81. The number of carbonyl (C=O) groups excluding carboxylic acids is 1. The van der Waals surface area contributed by atoms with Crippen molar-refractivity contribution in [1.29, 1.82) is 0 Å². The number of benzene rings is 1. The van der Waals surface area contributed by atoms with Gasteiger partial charge < -0.3 is 10.1 Å². The van der Waals surface area contributed by atoms with E-state index in [0.717, 1.165) is 21.8 Å². The predicted octanol–water partition coefficient (Wildman–Crippen LogP) is 5.46. The van der Waals surface area contributed by atoms with Crippen LogP contribution in [0.1, 0.15) is 31.7 Å². The summed E-state index contributed by atoms with van der Waals surface area (Å²) >= 11 is 0. The molecule has 3 fully saturated rings. The maximum absolute atomic E-state index is 15.0. The molecule has 45 heavy (non-hydrogen) atoms. The zero-order chi connectivity index (χ0) is 31.7. The number of hydrogen-bond acceptors (Lipinski definition) is 8. The van der Waals surface area contributed by atoms with Crippen molar-refractivity contribution in [1.82, 2.24) is 23.6 Å². The molecule has 3 aliphatic carbocycles. The number of aromatic nitrogens is 5. The molecule has 0 aliphatic heterocycles. The first-order valence-corrected chi connectivity index (χ1v) is 16.1. The van der Waals surface area contributed by atoms with Crippen LogP contribution in [0.15, 0.2) is 66.0 Å². The summed E-state index contributed by atoms with van der Waals surface area (Å²) in [7, 11) is -4.15. The molecule has 4 atom stereocenters. The summed E-state index contributed by atoms with van der Waals surface area (Å²) in [6.45, 7) is 3.53. The second-order valence-electron chi connectivity index (χ2n) is 11.7. The van der Waals surface area contributed by atoms with Gasteiger partial charge in [-0.1, -0.05) is 17.7 Å². The Bertz CT molecular complexity index is 2060. The number of fused-ring (bicyclic) bond motifs is 5. The Morgan fingerprint density at radius 2 is 1.96 bits per heavy atom. The second kappa shape index (κ2) is 10.6. The molecular weight excluding hydrogens is 609 g/mol. The topological polar surface area (TPSA) is 120 Å². The van der Waals surface area contributed by atoms with Crippen LogP contribution in [0.25, 0.3) is 27.9 Å². The van der Waals surface area contributed by atoms with Crippen molar-refractivity contribution in [3.63, 3.8) is 0 Å². The number of esters is 1. The van der Waals surface area contributed by atoms with E-state index in [9.17, 15) is 17.6 Å². The van der Waals surface area contributed by atoms with Crippen molar-refractivity contribution >= 4 is 38.4 Å². The Morgan fingerprint density at radius 3 is 2.69 bits per heavy atom. The summed E-state index contributed by atoms with van der Waals surface area (Å²) in [4.78, 5) is 21.9. The quantitative estimate of drug-likeness (QED) is 0.234. The van der Waals surface area contributed by atoms with E-state index in [1.165, 1.54) is 22.8 Å². The lowest BCUT2D eigenvalue weighted by Crippen LogP contribution is -2.59. The molecule has 3 saturated carbocycles. The lowest BCUT2D eigenvalue weighted by molar-refractivity contribution is -0.186. The van der Waals surface area contributed by atoms with E-state index in [2.05, 4.69) is 15.4 Å². The van der Waals surface area contributed by atoms with E-state index in [4.69, 9.17) is 9.72 Å². The maximum atomic E-state index is 15.0. The van der Waals surface area contributed by atoms with Crippen LogP contribution < -0.4 is 5.32 Å². The Labute approximate surface area is 256 Å². The zero-order valence-electron chi connectivity index (χ0n) is 24.3. The van der Waals surface area contributed by atoms with Crippen molar-refractivity contribution in [2.45, 2.75) is 50.0 Å². The molecule has 234 valence electrons. The summed E-state index contributed by atoms with van der Waals surface area (Å²) in [5.74, 6) is -6.87. The van der Waals surface area contributed by atoms with E-state index in [0.29, 0.717) is 11.9 Å². The molecule has 0 saturated heterocycles. The minimum Gasteiger partial charge on any atom is -0.466 e. The minimum atomic E-state index is -4.15. The molecule has 2 bridgehead atoms. The molecule has 4 heterocycles. The molecule has 5 aromatic rings. The average molecular weight is 639 g/mol. The van der Waals surface area contributed by atoms with Gasteiger partial charge in [0.15, 0.2) is 17.3 Å². The van der Waals surface area contributed by atoms with Gasteiger partial charge in [-0.25, -0.2) is 40.0 Å². The molecule has 3 aliphatic rings. The molecule has 0 spiro atoms. The van der Waals surface area contributed by atoms with Gasteiger partial charge in [0.1, 0.15) is 11.3 Å². The van der Waals surface area contributed by atoms with Crippen molar-refractivity contribution in [2.75, 3.05) is 11.9 Å². The Balaban J connectivity index is 1.36. The number of anilines is 1. The standard InChI is InChI=1S/C31H29F3N6O4S/c1-3-44-30(41)25-23-11-8-18(14-31(23,33)34)26(25)36-28-24-5-4-12-39(24)38-27(37-28)22-16-40(29-21(22)13-19(32)15-35-29)45(42,43)20-9-6-17(2)7-10-20/h4-7,9-10,12-13,15-16,18,23,25-26H,3,8,11,14H2,1-2H3,(H,36,37,38)/t18-,23-,25-,26-/m1/s1. The molecule has 1 aromatic carbocycles. The van der Waals surface area contributed by atoms with Crippen molar-refractivity contribution in [2.24, 2.45) is 17.8 Å². The van der Waals surface area contributed by atoms with Crippen molar-refractivity contribution < 1.29 is 31.1 Å². The molecule has 0 radical (unpaired) electrons. The number of halogens is 3. The lowest BCUT2D eigenvalue weighted by Gasteiger charge is -2.51. The van der Waals surface area contributed by atoms with E-state index in [1.54, 1.807) is 37.4 Å². The van der Waals surface area contributed by atoms with E-state index in [-0.39, 0.29) is 52.6 Å². The number of alkyl halides is 2. The van der Waals surface area contributed by atoms with E-state index < -0.39 is 51.5 Å². The molecule has 1 N–H and O–H groups in total. The molecule has 14 heteroatoms. The highest BCUT2D eigenvalue weighted by Gasteiger charge is 2.60. The van der Waals surface area contributed by atoms with E-state index in [1.807, 2.05) is 6.92 Å². The molecule has 4 aromatic heterocycles. The number of ether oxygens (including phenoxy) is 1. The first-order valence-electron chi connectivity index (χ1n) is 14.6. The van der Waals surface area contributed by atoms with Gasteiger partial charge in [0.05, 0.1) is 23.6 Å². The minimum absolute atomic E-state index is 0.0148. The summed E-state index contributed by atoms with van der Waals surface area (Å²) in [6.07, 6.45) is 4.23. The normalized spacial score (nSPS) is 22.6. The van der Waals surface area contributed by atoms with Gasteiger partial charge >= 0.3 is 5.97 Å². The lowest BCUT2D eigenvalue weighted by atomic mass is 9.59. The van der Waals surface area contributed by atoms with E-state index >= 15 is 8.78 Å². The van der Waals surface area contributed by atoms with Crippen LogP contribution in [0.2, 0.25) is 0 Å². The largest absolute Gasteiger partial charge is 0.466 e. The summed E-state index contributed by atoms with van der Waals surface area (Å²) in [6, 6.07) is 10.2. The highest BCUT2D eigenvalue weighted by atomic mass is 32.2. The number of hydrogen-bond donors (Lipinski definition) is 1. The SMILES string of the molecule is CCOC(=O)[C@H]1[C@H](Nc2nc(-c3cn(S(=O)(=O)c4ccc(C)cc4)c4ncc(F)cc34)nn3cccc23)[C@@H]2CC[C@H]1C(F)(F)C2. The van der Waals surface area contributed by atoms with Gasteiger partial charge in [-0.2, -0.15) is 0 Å². The van der Waals surface area contributed by atoms with Crippen LogP contribution in [0, 0.1) is 30.5 Å². The van der Waals surface area contributed by atoms with Gasteiger partial charge in [-0.3, -0.25) is 4.79 Å². The molecule has 0 unspecified atom stereocenters. The molecule has 10 nitrogen and oxygen atoms in total. The third kappa shape index (κ3) is 4.82. The number of carbonyl (C=O) groups is 1. The zero-order valence-corrected chi connectivity index (χ0v) is 25.1. The van der Waals surface area contributed by atoms with Gasteiger partial charge in [0.2, 0.25) is 0 Å². The fraction of sp³-hybridized carbons (Fsp3) is 0.355. The van der Waals surface area contributed by atoms with Gasteiger partial charge in [-0.05, 0) is 62.9 Å². The Morgan fingerprint density at radius 1 is 1.18 bits per heavy atom. The number of nitrogens with one attached hydrogen (secondary N) is 1. The van der Waals surface area contributed by atoms with Crippen LogP contribution in [-0.2, 0) is 19.6 Å². The monoisotopic (exact) mass is 638 g/mol. The van der Waals surface area contributed by atoms with Gasteiger partial charge in [0, 0.05) is 41.7 Å². The van der Waals surface area contributed by atoms with Gasteiger partial charge in [-0.15, -0.1) is 5.10 Å². The van der Waals surface area contributed by atoms with Crippen LogP contribution in [-0.4, -0.2) is 56.5 Å². The average Bonchev–Trinajstić information content (AvgIpc) is 3.63. The number of pyridine rings is 1. The smallest absolute Gasteiger partial charge is 0.311 e. The van der Waals surface area contributed by atoms with Crippen molar-refractivity contribution in [3.8, 4) is 11.4 Å². The third-order valence-electron chi connectivity index (χ3n) is 8.90. The Kier molecular flexibility index (Phi) is 6.87. The molecular formula is C31H29F3N6O4S. The first-order chi connectivity index (χ1) is 21.5. The maximum Gasteiger partial charge on any atom is 0.311 e. The van der Waals surface area contributed by atoms with Crippen LogP contribution >= 0.6 is 0 Å². The highest BCUT2D eigenvalue weighted by Crippen LogP contribution is 2.54. The number of nitrogens with zero attached hydrogens (tertiary/aromatic N) is 5.